The molecule has 1 atom stereocenters. The normalized spacial score (nSPS) is 11.6. The summed E-state index contributed by atoms with van der Waals surface area (Å²) in [7, 11) is 0. The van der Waals surface area contributed by atoms with Gasteiger partial charge < -0.3 is 20.5 Å². The summed E-state index contributed by atoms with van der Waals surface area (Å²) in [6.45, 7) is 4.16. The molecule has 4 aromatic rings. The summed E-state index contributed by atoms with van der Waals surface area (Å²) in [5.41, 5.74) is 6.18. The van der Waals surface area contributed by atoms with Crippen LogP contribution in [-0.2, 0) is 0 Å². The molecule has 186 valence electrons. The second kappa shape index (κ2) is 10.7. The van der Waals surface area contributed by atoms with Crippen LogP contribution in [0, 0.1) is 11.2 Å². The molecular weight excluding hydrogens is 467 g/mol. The summed E-state index contributed by atoms with van der Waals surface area (Å²) in [4.78, 5) is 23.5. The molecule has 0 fully saturated rings. The Bertz CT molecular complexity index is 1400. The summed E-state index contributed by atoms with van der Waals surface area (Å²) in [6, 6.07) is 10.3. The van der Waals surface area contributed by atoms with Gasteiger partial charge in [-0.05, 0) is 50.2 Å². The Balaban J connectivity index is 1.85. The zero-order valence-electron chi connectivity index (χ0n) is 19.7. The molecule has 0 saturated heterocycles. The average molecular weight is 493 g/mol. The lowest BCUT2D eigenvalue weighted by atomic mass is 10.0. The zero-order valence-corrected chi connectivity index (χ0v) is 19.7. The number of nitrogen functional groups attached to an aromatic ring is 1. The SMILES string of the molecule is CCOc1cc(OCC)c(F)c(C(Nc2ccc(C(=N)N)cc2)c2nn(-c3ncccn3)c(=O)[nH]2)c1. The van der Waals surface area contributed by atoms with Gasteiger partial charge in [-0.2, -0.15) is 0 Å². The van der Waals surface area contributed by atoms with Crippen LogP contribution in [0.2, 0.25) is 0 Å². The lowest BCUT2D eigenvalue weighted by molar-refractivity contribution is 0.307. The third-order valence-corrected chi connectivity index (χ3v) is 5.12. The highest BCUT2D eigenvalue weighted by Gasteiger charge is 2.27. The van der Waals surface area contributed by atoms with Crippen LogP contribution in [0.4, 0.5) is 10.1 Å². The third kappa shape index (κ3) is 5.17. The summed E-state index contributed by atoms with van der Waals surface area (Å²) in [5, 5.41) is 15.1. The molecule has 4 rings (SSSR count). The number of nitrogens with two attached hydrogens (primary N) is 1. The number of rotatable bonds is 10. The molecule has 2 heterocycles. The van der Waals surface area contributed by atoms with Crippen molar-refractivity contribution in [2.45, 2.75) is 19.9 Å². The number of nitrogens with one attached hydrogen (secondary N) is 3. The van der Waals surface area contributed by atoms with Crippen molar-refractivity contribution >= 4 is 11.5 Å². The quantitative estimate of drug-likeness (QED) is 0.194. The van der Waals surface area contributed by atoms with E-state index in [1.807, 2.05) is 6.92 Å². The highest BCUT2D eigenvalue weighted by atomic mass is 19.1. The number of hydrogen-bond donors (Lipinski definition) is 4. The van der Waals surface area contributed by atoms with E-state index < -0.39 is 17.5 Å². The predicted octanol–water partition coefficient (Wildman–Crippen LogP) is 2.77. The van der Waals surface area contributed by atoms with Crippen molar-refractivity contribution in [3.8, 4) is 17.4 Å². The molecule has 0 amide bonds. The first-order valence-corrected chi connectivity index (χ1v) is 11.2. The summed E-state index contributed by atoms with van der Waals surface area (Å²) < 4.78 is 27.8. The number of aromatic amines is 1. The van der Waals surface area contributed by atoms with Gasteiger partial charge in [-0.1, -0.05) is 0 Å². The van der Waals surface area contributed by atoms with Crippen molar-refractivity contribution < 1.29 is 13.9 Å². The molecule has 2 aromatic carbocycles. The molecular formula is C24H25FN8O3. The molecule has 0 radical (unpaired) electrons. The standard InChI is InChI=1S/C24H25FN8O3/c1-3-35-16-12-17(19(25)18(13-16)36-4-2)20(30-15-8-6-14(7-9-15)21(26)27)22-31-24(34)33(32-22)23-28-10-5-11-29-23/h5-13,20,30H,3-4H2,1-2H3,(H3,26,27)(H,31,32,34). The van der Waals surface area contributed by atoms with E-state index in [2.05, 4.69) is 25.4 Å². The number of halogens is 1. The number of H-pyrrole nitrogens is 1. The van der Waals surface area contributed by atoms with Crippen LogP contribution in [0.15, 0.2) is 59.7 Å². The first-order chi connectivity index (χ1) is 17.4. The molecule has 0 saturated carbocycles. The van der Waals surface area contributed by atoms with Crippen LogP contribution >= 0.6 is 0 Å². The minimum absolute atomic E-state index is 0.00495. The minimum atomic E-state index is -0.967. The number of aromatic nitrogens is 5. The highest BCUT2D eigenvalue weighted by Crippen LogP contribution is 2.35. The van der Waals surface area contributed by atoms with E-state index in [-0.39, 0.29) is 35.5 Å². The van der Waals surface area contributed by atoms with Crippen LogP contribution in [0.1, 0.15) is 36.8 Å². The average Bonchev–Trinajstić information content (AvgIpc) is 3.27. The van der Waals surface area contributed by atoms with Gasteiger partial charge in [-0.15, -0.1) is 9.78 Å². The Kier molecular flexibility index (Phi) is 7.23. The maximum Gasteiger partial charge on any atom is 0.350 e. The second-order valence-corrected chi connectivity index (χ2v) is 7.54. The monoisotopic (exact) mass is 492 g/mol. The van der Waals surface area contributed by atoms with Gasteiger partial charge in [0.05, 0.1) is 13.2 Å². The van der Waals surface area contributed by atoms with E-state index >= 15 is 4.39 Å². The Morgan fingerprint density at radius 1 is 1.17 bits per heavy atom. The van der Waals surface area contributed by atoms with E-state index in [0.29, 0.717) is 23.6 Å². The fourth-order valence-electron chi connectivity index (χ4n) is 3.53. The Labute approximate surface area is 205 Å². The molecule has 0 aliphatic heterocycles. The van der Waals surface area contributed by atoms with E-state index in [4.69, 9.17) is 20.6 Å². The van der Waals surface area contributed by atoms with Gasteiger partial charge in [0.1, 0.15) is 17.6 Å². The van der Waals surface area contributed by atoms with Crippen molar-refractivity contribution in [1.29, 1.82) is 5.41 Å². The van der Waals surface area contributed by atoms with Crippen molar-refractivity contribution in [1.82, 2.24) is 24.7 Å². The lowest BCUT2D eigenvalue weighted by Crippen LogP contribution is -2.18. The number of hydrogen-bond acceptors (Lipinski definition) is 8. The van der Waals surface area contributed by atoms with Gasteiger partial charge >= 0.3 is 5.69 Å². The van der Waals surface area contributed by atoms with Crippen LogP contribution < -0.4 is 26.2 Å². The fourth-order valence-corrected chi connectivity index (χ4v) is 3.53. The molecule has 2 aromatic heterocycles. The van der Waals surface area contributed by atoms with Crippen molar-refractivity contribution in [3.63, 3.8) is 0 Å². The van der Waals surface area contributed by atoms with Crippen LogP contribution in [-0.4, -0.2) is 43.8 Å². The van der Waals surface area contributed by atoms with E-state index in [9.17, 15) is 4.79 Å². The summed E-state index contributed by atoms with van der Waals surface area (Å²) in [6.07, 6.45) is 2.96. The van der Waals surface area contributed by atoms with E-state index in [0.717, 1.165) is 4.68 Å². The second-order valence-electron chi connectivity index (χ2n) is 7.54. The Morgan fingerprint density at radius 2 is 1.86 bits per heavy atom. The zero-order chi connectivity index (χ0) is 25.7. The topological polar surface area (TPSA) is 157 Å². The van der Waals surface area contributed by atoms with Gasteiger partial charge in [-0.25, -0.2) is 19.2 Å². The van der Waals surface area contributed by atoms with Crippen LogP contribution in [0.5, 0.6) is 11.5 Å². The molecule has 0 bridgehead atoms. The number of ether oxygens (including phenoxy) is 2. The van der Waals surface area contributed by atoms with E-state index in [1.54, 1.807) is 37.3 Å². The molecule has 36 heavy (non-hydrogen) atoms. The minimum Gasteiger partial charge on any atom is -0.494 e. The third-order valence-electron chi connectivity index (χ3n) is 5.12. The molecule has 0 spiro atoms. The number of benzene rings is 2. The van der Waals surface area contributed by atoms with Crippen molar-refractivity contribution in [2.24, 2.45) is 5.73 Å². The Hall–Kier alpha value is -4.74. The maximum absolute atomic E-state index is 15.7. The summed E-state index contributed by atoms with van der Waals surface area (Å²) >= 11 is 0. The summed E-state index contributed by atoms with van der Waals surface area (Å²) in [5.74, 6) is -0.147. The molecule has 12 heteroatoms. The lowest BCUT2D eigenvalue weighted by Gasteiger charge is -2.21. The number of anilines is 1. The Morgan fingerprint density at radius 3 is 2.50 bits per heavy atom. The van der Waals surface area contributed by atoms with Crippen molar-refractivity contribution in [3.05, 3.63) is 88.1 Å². The van der Waals surface area contributed by atoms with Crippen LogP contribution in [0.25, 0.3) is 5.95 Å². The van der Waals surface area contributed by atoms with Gasteiger partial charge in [0.25, 0.3) is 5.95 Å². The fraction of sp³-hybridized carbons (Fsp3) is 0.208. The molecule has 1 unspecified atom stereocenters. The molecule has 5 N–H and O–H groups in total. The molecule has 11 nitrogen and oxygen atoms in total. The first kappa shape index (κ1) is 24.4. The van der Waals surface area contributed by atoms with Crippen molar-refractivity contribution in [2.75, 3.05) is 18.5 Å². The maximum atomic E-state index is 15.7. The molecule has 0 aliphatic rings. The number of amidine groups is 1. The first-order valence-electron chi connectivity index (χ1n) is 11.2. The predicted molar refractivity (Wildman–Crippen MR) is 131 cm³/mol. The van der Waals surface area contributed by atoms with Crippen LogP contribution in [0.3, 0.4) is 0 Å². The van der Waals surface area contributed by atoms with Gasteiger partial charge in [0, 0.05) is 35.3 Å². The number of nitrogens with zero attached hydrogens (tertiary/aromatic N) is 4. The van der Waals surface area contributed by atoms with Gasteiger partial charge in [0.15, 0.2) is 17.4 Å². The van der Waals surface area contributed by atoms with E-state index in [1.165, 1.54) is 24.5 Å². The smallest absolute Gasteiger partial charge is 0.350 e. The van der Waals surface area contributed by atoms with Gasteiger partial charge in [0.2, 0.25) is 0 Å². The highest BCUT2D eigenvalue weighted by molar-refractivity contribution is 5.95. The van der Waals surface area contributed by atoms with Gasteiger partial charge in [-0.3, -0.25) is 10.4 Å². The molecule has 0 aliphatic carbocycles. The largest absolute Gasteiger partial charge is 0.494 e.